The molecular formula is C10H18N2O. The molecule has 1 saturated carbocycles. The molecule has 0 aromatic carbocycles. The molecule has 0 spiro atoms. The van der Waals surface area contributed by atoms with Crippen LogP contribution in [0.25, 0.3) is 0 Å². The molecule has 2 atom stereocenters. The average molecular weight is 182 g/mol. The third kappa shape index (κ3) is 1.57. The van der Waals surface area contributed by atoms with Crippen LogP contribution < -0.4 is 5.32 Å². The van der Waals surface area contributed by atoms with Crippen LogP contribution in [0.2, 0.25) is 0 Å². The first-order valence-corrected chi connectivity index (χ1v) is 5.25. The number of nitrogens with zero attached hydrogens (tertiary/aromatic N) is 1. The first-order chi connectivity index (χ1) is 6.18. The lowest BCUT2D eigenvalue weighted by molar-refractivity contribution is -0.130. The van der Waals surface area contributed by atoms with E-state index in [-0.39, 0.29) is 18.1 Å². The Morgan fingerprint density at radius 2 is 2.15 bits per heavy atom. The van der Waals surface area contributed by atoms with Crippen molar-refractivity contribution in [3.8, 4) is 0 Å². The molecule has 3 heteroatoms. The van der Waals surface area contributed by atoms with Gasteiger partial charge in [-0.05, 0) is 32.6 Å². The zero-order valence-electron chi connectivity index (χ0n) is 8.42. The third-order valence-electron chi connectivity index (χ3n) is 3.29. The highest BCUT2D eigenvalue weighted by atomic mass is 16.2. The van der Waals surface area contributed by atoms with Crippen LogP contribution in [0.3, 0.4) is 0 Å². The normalized spacial score (nSPS) is 35.2. The summed E-state index contributed by atoms with van der Waals surface area (Å²) in [6, 6.07) is 0.0232. The van der Waals surface area contributed by atoms with Gasteiger partial charge >= 0.3 is 0 Å². The van der Waals surface area contributed by atoms with Gasteiger partial charge in [-0.15, -0.1) is 0 Å². The van der Waals surface area contributed by atoms with E-state index in [9.17, 15) is 4.79 Å². The standard InChI is InChI=1S/C10H18N2O/c1-7-10(13)12(8(2)11-7)6-9-4-3-5-9/h7-9,11H,3-6H2,1-2H3. The van der Waals surface area contributed by atoms with E-state index in [0.29, 0.717) is 0 Å². The maximum atomic E-state index is 11.7. The monoisotopic (exact) mass is 182 g/mol. The minimum Gasteiger partial charge on any atom is -0.326 e. The topological polar surface area (TPSA) is 32.3 Å². The summed E-state index contributed by atoms with van der Waals surface area (Å²) >= 11 is 0. The number of amides is 1. The molecule has 74 valence electrons. The second kappa shape index (κ2) is 3.29. The van der Waals surface area contributed by atoms with Crippen LogP contribution in [0.4, 0.5) is 0 Å². The van der Waals surface area contributed by atoms with E-state index < -0.39 is 0 Å². The number of carbonyl (C=O) groups is 1. The summed E-state index contributed by atoms with van der Waals surface area (Å²) in [7, 11) is 0. The van der Waals surface area contributed by atoms with Crippen LogP contribution in [0, 0.1) is 5.92 Å². The van der Waals surface area contributed by atoms with E-state index in [2.05, 4.69) is 12.2 Å². The molecule has 0 aromatic rings. The van der Waals surface area contributed by atoms with Gasteiger partial charge in [0.05, 0.1) is 12.2 Å². The van der Waals surface area contributed by atoms with Crippen molar-refractivity contribution in [3.63, 3.8) is 0 Å². The summed E-state index contributed by atoms with van der Waals surface area (Å²) in [4.78, 5) is 13.6. The van der Waals surface area contributed by atoms with Gasteiger partial charge in [0, 0.05) is 6.54 Å². The van der Waals surface area contributed by atoms with Crippen molar-refractivity contribution in [3.05, 3.63) is 0 Å². The van der Waals surface area contributed by atoms with Crippen molar-refractivity contribution in [1.82, 2.24) is 10.2 Å². The SMILES string of the molecule is CC1NC(C)N(CC2CCC2)C1=O. The second-order valence-corrected chi connectivity index (χ2v) is 4.35. The van der Waals surface area contributed by atoms with E-state index in [1.54, 1.807) is 0 Å². The van der Waals surface area contributed by atoms with Gasteiger partial charge in [-0.25, -0.2) is 0 Å². The first-order valence-electron chi connectivity index (χ1n) is 5.25. The Morgan fingerprint density at radius 1 is 1.46 bits per heavy atom. The molecular weight excluding hydrogens is 164 g/mol. The maximum absolute atomic E-state index is 11.7. The van der Waals surface area contributed by atoms with Gasteiger partial charge in [-0.1, -0.05) is 6.42 Å². The third-order valence-corrected chi connectivity index (χ3v) is 3.29. The molecule has 13 heavy (non-hydrogen) atoms. The highest BCUT2D eigenvalue weighted by molar-refractivity contribution is 5.83. The van der Waals surface area contributed by atoms with Gasteiger partial charge in [0.1, 0.15) is 0 Å². The Morgan fingerprint density at radius 3 is 2.54 bits per heavy atom. The van der Waals surface area contributed by atoms with Gasteiger partial charge in [0.15, 0.2) is 0 Å². The van der Waals surface area contributed by atoms with E-state index in [1.807, 2.05) is 11.8 Å². The Balaban J connectivity index is 1.92. The molecule has 1 aliphatic carbocycles. The van der Waals surface area contributed by atoms with Crippen molar-refractivity contribution >= 4 is 5.91 Å². The van der Waals surface area contributed by atoms with Crippen LogP contribution in [-0.2, 0) is 4.79 Å². The van der Waals surface area contributed by atoms with E-state index in [0.717, 1.165) is 12.5 Å². The molecule has 1 saturated heterocycles. The predicted octanol–water partition coefficient (Wildman–Crippen LogP) is 0.953. The molecule has 2 rings (SSSR count). The van der Waals surface area contributed by atoms with Crippen LogP contribution in [0.1, 0.15) is 33.1 Å². The lowest BCUT2D eigenvalue weighted by Gasteiger charge is -2.31. The van der Waals surface area contributed by atoms with Crippen molar-refractivity contribution in [2.24, 2.45) is 5.92 Å². The summed E-state index contributed by atoms with van der Waals surface area (Å²) in [6.45, 7) is 4.98. The smallest absolute Gasteiger partial charge is 0.240 e. The molecule has 1 N–H and O–H groups in total. The molecule has 2 aliphatic rings. The van der Waals surface area contributed by atoms with Crippen molar-refractivity contribution in [1.29, 1.82) is 0 Å². The van der Waals surface area contributed by atoms with Gasteiger partial charge in [-0.3, -0.25) is 10.1 Å². The molecule has 2 fully saturated rings. The van der Waals surface area contributed by atoms with Gasteiger partial charge < -0.3 is 4.90 Å². The van der Waals surface area contributed by atoms with Crippen LogP contribution >= 0.6 is 0 Å². The second-order valence-electron chi connectivity index (χ2n) is 4.35. The van der Waals surface area contributed by atoms with Crippen molar-refractivity contribution < 1.29 is 4.79 Å². The van der Waals surface area contributed by atoms with Crippen molar-refractivity contribution in [2.75, 3.05) is 6.54 Å². The number of carbonyl (C=O) groups excluding carboxylic acids is 1. The van der Waals surface area contributed by atoms with E-state index in [1.165, 1.54) is 19.3 Å². The fourth-order valence-electron chi connectivity index (χ4n) is 2.16. The number of nitrogens with one attached hydrogen (secondary N) is 1. The Labute approximate surface area is 79.5 Å². The fraction of sp³-hybridized carbons (Fsp3) is 0.900. The molecule has 2 unspecified atom stereocenters. The van der Waals surface area contributed by atoms with Gasteiger partial charge in [-0.2, -0.15) is 0 Å². The van der Waals surface area contributed by atoms with Gasteiger partial charge in [0.25, 0.3) is 0 Å². The summed E-state index contributed by atoms with van der Waals surface area (Å²) < 4.78 is 0. The Hall–Kier alpha value is -0.570. The number of hydrogen-bond donors (Lipinski definition) is 1. The number of rotatable bonds is 2. The molecule has 3 nitrogen and oxygen atoms in total. The van der Waals surface area contributed by atoms with Crippen LogP contribution in [0.15, 0.2) is 0 Å². The summed E-state index contributed by atoms with van der Waals surface area (Å²) in [5, 5.41) is 3.25. The Bertz CT molecular complexity index is 213. The van der Waals surface area contributed by atoms with Crippen LogP contribution in [0.5, 0.6) is 0 Å². The summed E-state index contributed by atoms with van der Waals surface area (Å²) in [5.41, 5.74) is 0. The molecule has 0 radical (unpaired) electrons. The fourth-order valence-corrected chi connectivity index (χ4v) is 2.16. The van der Waals surface area contributed by atoms with Gasteiger partial charge in [0.2, 0.25) is 5.91 Å². The minimum atomic E-state index is 0.0232. The molecule has 1 amide bonds. The zero-order valence-corrected chi connectivity index (χ0v) is 8.42. The summed E-state index contributed by atoms with van der Waals surface area (Å²) in [5.74, 6) is 1.05. The summed E-state index contributed by atoms with van der Waals surface area (Å²) in [6.07, 6.45) is 4.21. The van der Waals surface area contributed by atoms with Crippen molar-refractivity contribution in [2.45, 2.75) is 45.3 Å². The predicted molar refractivity (Wildman–Crippen MR) is 51.1 cm³/mol. The maximum Gasteiger partial charge on any atom is 0.240 e. The van der Waals surface area contributed by atoms with E-state index >= 15 is 0 Å². The Kier molecular flexibility index (Phi) is 2.28. The highest BCUT2D eigenvalue weighted by Crippen LogP contribution is 2.28. The first kappa shape index (κ1) is 9.00. The average Bonchev–Trinajstić information content (AvgIpc) is 2.21. The quantitative estimate of drug-likeness (QED) is 0.689. The lowest BCUT2D eigenvalue weighted by Crippen LogP contribution is -2.39. The zero-order chi connectivity index (χ0) is 9.42. The molecule has 0 aromatic heterocycles. The highest BCUT2D eigenvalue weighted by Gasteiger charge is 2.35. The minimum absolute atomic E-state index is 0.0232. The largest absolute Gasteiger partial charge is 0.326 e. The molecule has 1 aliphatic heterocycles. The molecule has 0 bridgehead atoms. The van der Waals surface area contributed by atoms with E-state index in [4.69, 9.17) is 0 Å². The number of hydrogen-bond acceptors (Lipinski definition) is 2. The molecule has 1 heterocycles. The lowest BCUT2D eigenvalue weighted by atomic mass is 9.85. The van der Waals surface area contributed by atoms with Crippen LogP contribution in [-0.4, -0.2) is 29.6 Å².